The average molecular weight is 184 g/mol. The Balaban J connectivity index is 0.000000261. The molecule has 12 heavy (non-hydrogen) atoms. The first-order valence-electron chi connectivity index (χ1n) is 4.30. The van der Waals surface area contributed by atoms with E-state index in [1.807, 2.05) is 30.3 Å². The van der Waals surface area contributed by atoms with E-state index in [0.717, 1.165) is 5.30 Å². The second-order valence-electron chi connectivity index (χ2n) is 2.48. The van der Waals surface area contributed by atoms with Crippen LogP contribution in [0.5, 0.6) is 0 Å². The molecule has 1 nitrogen and oxygen atoms in total. The van der Waals surface area contributed by atoms with Crippen LogP contribution in [0.15, 0.2) is 30.3 Å². The molecule has 0 radical (unpaired) electrons. The summed E-state index contributed by atoms with van der Waals surface area (Å²) >= 11 is 0. The zero-order chi connectivity index (χ0) is 9.23. The van der Waals surface area contributed by atoms with Crippen molar-refractivity contribution in [3.63, 3.8) is 0 Å². The smallest absolute Gasteiger partial charge is 0.0420 e. The van der Waals surface area contributed by atoms with Crippen molar-refractivity contribution in [1.29, 1.82) is 0 Å². The van der Waals surface area contributed by atoms with Crippen molar-refractivity contribution in [3.05, 3.63) is 30.3 Å². The molecule has 0 bridgehead atoms. The molecule has 1 atom stereocenters. The second kappa shape index (κ2) is 8.70. The Hall–Kier alpha value is -0.390. The van der Waals surface area contributed by atoms with E-state index in [0.29, 0.717) is 0 Å². The molecule has 0 aliphatic rings. The molecule has 1 aromatic rings. The van der Waals surface area contributed by atoms with Crippen LogP contribution >= 0.6 is 8.81 Å². The fraction of sp³-hybridized carbons (Fsp3) is 0.400. The molecule has 1 N–H and O–H groups in total. The fourth-order valence-electron chi connectivity index (χ4n) is 0.513. The van der Waals surface area contributed by atoms with Gasteiger partial charge in [0.15, 0.2) is 0 Å². The summed E-state index contributed by atoms with van der Waals surface area (Å²) in [6.45, 7) is 4.36. The summed E-state index contributed by atoms with van der Waals surface area (Å²) in [7, 11) is -0.0700. The van der Waals surface area contributed by atoms with E-state index in [9.17, 15) is 0 Å². The van der Waals surface area contributed by atoms with Gasteiger partial charge in [0.25, 0.3) is 0 Å². The fourth-order valence-corrected chi connectivity index (χ4v) is 0.854. The van der Waals surface area contributed by atoms with Crippen LogP contribution in [0.2, 0.25) is 0 Å². The van der Waals surface area contributed by atoms with Crippen molar-refractivity contribution in [2.24, 2.45) is 0 Å². The van der Waals surface area contributed by atoms with E-state index in [1.165, 1.54) is 12.8 Å². The lowest BCUT2D eigenvalue weighted by atomic mass is 10.4. The highest BCUT2D eigenvalue weighted by Gasteiger charge is 1.81. The molecule has 0 amide bonds. The first-order chi connectivity index (χ1) is 5.85. The molecule has 1 unspecified atom stereocenters. The Morgan fingerprint density at radius 2 is 1.58 bits per heavy atom. The van der Waals surface area contributed by atoms with E-state index in [-0.39, 0.29) is 8.81 Å². The molecule has 1 rings (SSSR count). The minimum absolute atomic E-state index is 0.0700. The van der Waals surface area contributed by atoms with Gasteiger partial charge in [-0.2, -0.15) is 0 Å². The van der Waals surface area contributed by atoms with E-state index < -0.39 is 0 Å². The number of rotatable bonds is 2. The Kier molecular flexibility index (Phi) is 8.42. The Morgan fingerprint density at radius 1 is 1.08 bits per heavy atom. The van der Waals surface area contributed by atoms with Crippen LogP contribution in [-0.2, 0) is 0 Å². The van der Waals surface area contributed by atoms with Gasteiger partial charge in [-0.1, -0.05) is 57.0 Å². The summed E-state index contributed by atoms with van der Waals surface area (Å²) in [5, 5.41) is 0.993. The molecule has 0 saturated carbocycles. The monoisotopic (exact) mass is 184 g/mol. The molecular formula is C10H17OP. The first-order valence-corrected chi connectivity index (χ1v) is 5.25. The Bertz CT molecular complexity index is 172. The van der Waals surface area contributed by atoms with Crippen LogP contribution in [-0.4, -0.2) is 4.89 Å². The minimum Gasteiger partial charge on any atom is -0.372 e. The molecule has 68 valence electrons. The largest absolute Gasteiger partial charge is 0.372 e. The summed E-state index contributed by atoms with van der Waals surface area (Å²) in [6.07, 6.45) is 2.64. The maximum atomic E-state index is 8.57. The normalized spacial score (nSPS) is 9.58. The highest BCUT2D eigenvalue weighted by molar-refractivity contribution is 7.40. The number of unbranched alkanes of at least 4 members (excludes halogenated alkanes) is 1. The summed E-state index contributed by atoms with van der Waals surface area (Å²) in [5.74, 6) is 0. The molecule has 0 aliphatic heterocycles. The van der Waals surface area contributed by atoms with Crippen LogP contribution in [0.3, 0.4) is 0 Å². The van der Waals surface area contributed by atoms with Crippen LogP contribution in [0.4, 0.5) is 0 Å². The molecule has 0 heterocycles. The maximum absolute atomic E-state index is 8.57. The van der Waals surface area contributed by atoms with Gasteiger partial charge in [0.05, 0.1) is 0 Å². The molecule has 0 aliphatic carbocycles. The minimum atomic E-state index is -0.0700. The van der Waals surface area contributed by atoms with Gasteiger partial charge in [-0.05, 0) is 5.30 Å². The van der Waals surface area contributed by atoms with Crippen molar-refractivity contribution in [3.8, 4) is 0 Å². The van der Waals surface area contributed by atoms with E-state index in [1.54, 1.807) is 0 Å². The average Bonchev–Trinajstić information content (AvgIpc) is 2.19. The standard InChI is InChI=1S/C6H7OP.C4H10/c7-8-6-4-2-1-3-5-6;1-3-4-2/h1-5,7-8H;3-4H2,1-2H3. The Morgan fingerprint density at radius 3 is 1.83 bits per heavy atom. The molecule has 0 fully saturated rings. The van der Waals surface area contributed by atoms with Crippen molar-refractivity contribution < 1.29 is 4.89 Å². The number of benzene rings is 1. The third kappa shape index (κ3) is 6.33. The predicted molar refractivity (Wildman–Crippen MR) is 57.2 cm³/mol. The van der Waals surface area contributed by atoms with Crippen molar-refractivity contribution in [2.75, 3.05) is 0 Å². The van der Waals surface area contributed by atoms with Gasteiger partial charge >= 0.3 is 0 Å². The van der Waals surface area contributed by atoms with Gasteiger partial charge in [0, 0.05) is 8.81 Å². The number of hydrogen-bond acceptors (Lipinski definition) is 1. The van der Waals surface area contributed by atoms with Crippen LogP contribution in [0.25, 0.3) is 0 Å². The van der Waals surface area contributed by atoms with Gasteiger partial charge in [-0.15, -0.1) is 0 Å². The van der Waals surface area contributed by atoms with Gasteiger partial charge in [0.1, 0.15) is 0 Å². The molecular weight excluding hydrogens is 167 g/mol. The zero-order valence-electron chi connectivity index (χ0n) is 7.75. The summed E-state index contributed by atoms with van der Waals surface area (Å²) in [4.78, 5) is 8.57. The molecule has 0 aromatic heterocycles. The van der Waals surface area contributed by atoms with Crippen molar-refractivity contribution in [1.82, 2.24) is 0 Å². The molecule has 0 spiro atoms. The van der Waals surface area contributed by atoms with E-state index in [4.69, 9.17) is 4.89 Å². The lowest BCUT2D eigenvalue weighted by Gasteiger charge is -1.88. The van der Waals surface area contributed by atoms with Crippen LogP contribution in [0.1, 0.15) is 26.7 Å². The van der Waals surface area contributed by atoms with E-state index in [2.05, 4.69) is 13.8 Å². The van der Waals surface area contributed by atoms with Crippen molar-refractivity contribution >= 4 is 14.1 Å². The lowest BCUT2D eigenvalue weighted by molar-refractivity contribution is 0.655. The van der Waals surface area contributed by atoms with Crippen molar-refractivity contribution in [2.45, 2.75) is 26.7 Å². The summed E-state index contributed by atoms with van der Waals surface area (Å²) in [6, 6.07) is 9.57. The molecule has 0 saturated heterocycles. The van der Waals surface area contributed by atoms with Crippen LogP contribution in [0, 0.1) is 0 Å². The van der Waals surface area contributed by atoms with Gasteiger partial charge in [0.2, 0.25) is 0 Å². The van der Waals surface area contributed by atoms with Gasteiger partial charge in [-0.3, -0.25) is 0 Å². The third-order valence-electron chi connectivity index (χ3n) is 1.40. The summed E-state index contributed by atoms with van der Waals surface area (Å²) < 4.78 is 0. The molecule has 2 heteroatoms. The SMILES string of the molecule is CCCC.OPc1ccccc1. The van der Waals surface area contributed by atoms with Gasteiger partial charge in [-0.25, -0.2) is 0 Å². The third-order valence-corrected chi connectivity index (χ3v) is 1.99. The zero-order valence-corrected chi connectivity index (χ0v) is 8.75. The van der Waals surface area contributed by atoms with E-state index >= 15 is 0 Å². The van der Waals surface area contributed by atoms with Crippen LogP contribution < -0.4 is 5.30 Å². The molecule has 1 aromatic carbocycles. The maximum Gasteiger partial charge on any atom is 0.0420 e. The highest BCUT2D eigenvalue weighted by atomic mass is 31.1. The predicted octanol–water partition coefficient (Wildman–Crippen LogP) is 2.70. The lowest BCUT2D eigenvalue weighted by Crippen LogP contribution is -1.88. The first kappa shape index (κ1) is 11.6. The van der Waals surface area contributed by atoms with Gasteiger partial charge < -0.3 is 4.89 Å². The highest BCUT2D eigenvalue weighted by Crippen LogP contribution is 1.99. The second-order valence-corrected chi connectivity index (χ2v) is 3.28. The Labute approximate surface area is 76.7 Å². The quantitative estimate of drug-likeness (QED) is 0.700. The summed E-state index contributed by atoms with van der Waals surface area (Å²) in [5.41, 5.74) is 0. The number of hydrogen-bond donors (Lipinski definition) is 1. The topological polar surface area (TPSA) is 20.2 Å².